The molecule has 0 fully saturated rings. The molecule has 0 aliphatic rings. The van der Waals surface area contributed by atoms with Crippen LogP contribution < -0.4 is 4.74 Å². The average molecular weight is 345 g/mol. The molecule has 0 heterocycles. The van der Waals surface area contributed by atoms with Crippen molar-refractivity contribution in [2.45, 2.75) is 39.2 Å². The maximum atomic E-state index is 11.1. The third-order valence-electron chi connectivity index (χ3n) is 2.79. The van der Waals surface area contributed by atoms with Crippen LogP contribution in [-0.2, 0) is 16.1 Å². The monoisotopic (exact) mass is 344 g/mol. The Hall–Kier alpha value is -1.07. The van der Waals surface area contributed by atoms with E-state index in [4.69, 9.17) is 14.6 Å². The molecule has 0 radical (unpaired) electrons. The molecule has 1 aromatic rings. The zero-order valence-corrected chi connectivity index (χ0v) is 13.3. The first-order chi connectivity index (χ1) is 9.67. The van der Waals surface area contributed by atoms with Crippen LogP contribution in [0.5, 0.6) is 5.75 Å². The van der Waals surface area contributed by atoms with E-state index in [2.05, 4.69) is 15.9 Å². The van der Waals surface area contributed by atoms with E-state index in [0.717, 1.165) is 35.0 Å². The molecule has 112 valence electrons. The van der Waals surface area contributed by atoms with Gasteiger partial charge in [-0.15, -0.1) is 0 Å². The molecule has 4 nitrogen and oxygen atoms in total. The number of benzene rings is 1. The zero-order chi connectivity index (χ0) is 14.8. The Morgan fingerprint density at radius 2 is 2.10 bits per heavy atom. The van der Waals surface area contributed by atoms with Crippen LogP contribution in [0.1, 0.15) is 38.2 Å². The van der Waals surface area contributed by atoms with E-state index in [0.29, 0.717) is 19.6 Å². The molecule has 0 atom stereocenters. The van der Waals surface area contributed by atoms with E-state index >= 15 is 0 Å². The van der Waals surface area contributed by atoms with Crippen LogP contribution in [0.15, 0.2) is 22.7 Å². The summed E-state index contributed by atoms with van der Waals surface area (Å²) in [6, 6.07) is 5.55. The van der Waals surface area contributed by atoms with Crippen molar-refractivity contribution in [2.24, 2.45) is 0 Å². The zero-order valence-electron chi connectivity index (χ0n) is 11.7. The molecule has 1 N–H and O–H groups in total. The van der Waals surface area contributed by atoms with E-state index in [-0.39, 0.29) is 12.6 Å². The first-order valence-corrected chi connectivity index (χ1v) is 7.64. The minimum Gasteiger partial charge on any atom is -0.494 e. The number of rotatable bonds is 9. The summed E-state index contributed by atoms with van der Waals surface area (Å²) in [5.41, 5.74) is 0.810. The molecule has 0 aliphatic carbocycles. The molecule has 0 saturated heterocycles. The SMILES string of the molecule is CCOC(=O)CCCCCOc1ccc(Br)c(CO)c1. The van der Waals surface area contributed by atoms with Crippen LogP contribution in [0.4, 0.5) is 0 Å². The maximum Gasteiger partial charge on any atom is 0.305 e. The van der Waals surface area contributed by atoms with Gasteiger partial charge in [0.25, 0.3) is 0 Å². The van der Waals surface area contributed by atoms with E-state index in [1.807, 2.05) is 25.1 Å². The quantitative estimate of drug-likeness (QED) is 0.550. The standard InChI is InChI=1S/C15H21BrO4/c1-2-19-15(18)6-4-3-5-9-20-13-7-8-14(16)12(10-13)11-17/h7-8,10,17H,2-6,9,11H2,1H3. The molecule has 0 bridgehead atoms. The Bertz CT molecular complexity index is 420. The number of hydrogen-bond acceptors (Lipinski definition) is 4. The third kappa shape index (κ3) is 6.39. The summed E-state index contributed by atoms with van der Waals surface area (Å²) >= 11 is 3.36. The fraction of sp³-hybridized carbons (Fsp3) is 0.533. The highest BCUT2D eigenvalue weighted by molar-refractivity contribution is 9.10. The van der Waals surface area contributed by atoms with Crippen LogP contribution >= 0.6 is 15.9 Å². The number of aliphatic hydroxyl groups excluding tert-OH is 1. The van der Waals surface area contributed by atoms with Gasteiger partial charge in [-0.25, -0.2) is 0 Å². The summed E-state index contributed by atoms with van der Waals surface area (Å²) in [4.78, 5) is 11.1. The van der Waals surface area contributed by atoms with Crippen molar-refractivity contribution < 1.29 is 19.4 Å². The highest BCUT2D eigenvalue weighted by atomic mass is 79.9. The summed E-state index contributed by atoms with van der Waals surface area (Å²) in [6.07, 6.45) is 3.12. The number of carbonyl (C=O) groups is 1. The smallest absolute Gasteiger partial charge is 0.305 e. The van der Waals surface area contributed by atoms with Crippen molar-refractivity contribution in [1.29, 1.82) is 0 Å². The second-order valence-corrected chi connectivity index (χ2v) is 5.23. The van der Waals surface area contributed by atoms with Crippen molar-refractivity contribution >= 4 is 21.9 Å². The van der Waals surface area contributed by atoms with E-state index in [1.165, 1.54) is 0 Å². The van der Waals surface area contributed by atoms with Crippen LogP contribution in [0, 0.1) is 0 Å². The van der Waals surface area contributed by atoms with Gasteiger partial charge in [0.05, 0.1) is 19.8 Å². The fourth-order valence-corrected chi connectivity index (χ4v) is 2.11. The molecular weight excluding hydrogens is 324 g/mol. The molecule has 1 aromatic carbocycles. The Labute approximate surface area is 128 Å². The van der Waals surface area contributed by atoms with Gasteiger partial charge in [0.1, 0.15) is 5.75 Å². The number of ether oxygens (including phenoxy) is 2. The fourth-order valence-electron chi connectivity index (χ4n) is 1.73. The predicted molar refractivity (Wildman–Crippen MR) is 80.7 cm³/mol. The molecule has 0 aromatic heterocycles. The Kier molecular flexibility index (Phi) is 8.30. The second kappa shape index (κ2) is 9.77. The van der Waals surface area contributed by atoms with Crippen LogP contribution in [0.3, 0.4) is 0 Å². The van der Waals surface area contributed by atoms with Gasteiger partial charge < -0.3 is 14.6 Å². The number of hydrogen-bond donors (Lipinski definition) is 1. The lowest BCUT2D eigenvalue weighted by molar-refractivity contribution is -0.143. The Balaban J connectivity index is 2.17. The molecular formula is C15H21BrO4. The van der Waals surface area contributed by atoms with Crippen LogP contribution in [-0.4, -0.2) is 24.3 Å². The number of esters is 1. The first kappa shape index (κ1) is 17.0. The predicted octanol–water partition coefficient (Wildman–Crippen LogP) is 3.44. The van der Waals surface area contributed by atoms with Crippen molar-refractivity contribution in [2.75, 3.05) is 13.2 Å². The highest BCUT2D eigenvalue weighted by Gasteiger charge is 2.03. The Morgan fingerprint density at radius 3 is 2.80 bits per heavy atom. The van der Waals surface area contributed by atoms with Crippen LogP contribution in [0.2, 0.25) is 0 Å². The number of unbranched alkanes of at least 4 members (excludes halogenated alkanes) is 2. The number of halogens is 1. The molecule has 5 heteroatoms. The van der Waals surface area contributed by atoms with Crippen molar-refractivity contribution in [3.05, 3.63) is 28.2 Å². The van der Waals surface area contributed by atoms with Gasteiger partial charge in [0, 0.05) is 10.9 Å². The van der Waals surface area contributed by atoms with Crippen molar-refractivity contribution in [3.63, 3.8) is 0 Å². The van der Waals surface area contributed by atoms with Gasteiger partial charge >= 0.3 is 5.97 Å². The largest absolute Gasteiger partial charge is 0.494 e. The molecule has 20 heavy (non-hydrogen) atoms. The van der Waals surface area contributed by atoms with E-state index < -0.39 is 0 Å². The summed E-state index contributed by atoms with van der Waals surface area (Å²) in [7, 11) is 0. The van der Waals surface area contributed by atoms with Gasteiger partial charge in [0.15, 0.2) is 0 Å². The maximum absolute atomic E-state index is 11.1. The summed E-state index contributed by atoms with van der Waals surface area (Å²) in [5.74, 6) is 0.622. The summed E-state index contributed by atoms with van der Waals surface area (Å²) in [5, 5.41) is 9.15. The van der Waals surface area contributed by atoms with Gasteiger partial charge in [-0.1, -0.05) is 15.9 Å². The lowest BCUT2D eigenvalue weighted by Crippen LogP contribution is -2.04. The number of carbonyl (C=O) groups excluding carboxylic acids is 1. The van der Waals surface area contributed by atoms with E-state index in [1.54, 1.807) is 0 Å². The van der Waals surface area contributed by atoms with Gasteiger partial charge in [-0.2, -0.15) is 0 Å². The van der Waals surface area contributed by atoms with Crippen molar-refractivity contribution in [1.82, 2.24) is 0 Å². The lowest BCUT2D eigenvalue weighted by atomic mass is 10.2. The van der Waals surface area contributed by atoms with Crippen molar-refractivity contribution in [3.8, 4) is 5.75 Å². The van der Waals surface area contributed by atoms with Gasteiger partial charge in [0.2, 0.25) is 0 Å². The summed E-state index contributed by atoms with van der Waals surface area (Å²) < 4.78 is 11.3. The Morgan fingerprint density at radius 1 is 1.30 bits per heavy atom. The summed E-state index contributed by atoms with van der Waals surface area (Å²) in [6.45, 7) is 2.84. The first-order valence-electron chi connectivity index (χ1n) is 6.85. The topological polar surface area (TPSA) is 55.8 Å². The number of aliphatic hydroxyl groups is 1. The molecule has 1 rings (SSSR count). The van der Waals surface area contributed by atoms with E-state index in [9.17, 15) is 4.79 Å². The molecule has 0 spiro atoms. The second-order valence-electron chi connectivity index (χ2n) is 4.38. The normalized spacial score (nSPS) is 10.3. The highest BCUT2D eigenvalue weighted by Crippen LogP contribution is 2.22. The van der Waals surface area contributed by atoms with Gasteiger partial charge in [-0.3, -0.25) is 4.79 Å². The molecule has 0 saturated carbocycles. The average Bonchev–Trinajstić information content (AvgIpc) is 2.44. The molecule has 0 unspecified atom stereocenters. The minimum atomic E-state index is -0.131. The molecule has 0 aliphatic heterocycles. The van der Waals surface area contributed by atoms with Gasteiger partial charge in [-0.05, 0) is 49.9 Å². The van der Waals surface area contributed by atoms with Crippen LogP contribution in [0.25, 0.3) is 0 Å². The minimum absolute atomic E-state index is 0.0165. The molecule has 0 amide bonds. The third-order valence-corrected chi connectivity index (χ3v) is 3.56. The lowest BCUT2D eigenvalue weighted by Gasteiger charge is -2.08.